The first kappa shape index (κ1) is 17.5. The van der Waals surface area contributed by atoms with Gasteiger partial charge in [-0.3, -0.25) is 15.1 Å². The Morgan fingerprint density at radius 1 is 1.20 bits per heavy atom. The lowest BCUT2D eigenvalue weighted by Gasteiger charge is -2.07. The van der Waals surface area contributed by atoms with Gasteiger partial charge in [-0.25, -0.2) is 9.78 Å². The van der Waals surface area contributed by atoms with Crippen molar-refractivity contribution in [3.63, 3.8) is 0 Å². The number of hydrogen-bond acceptors (Lipinski definition) is 6. The second-order valence-corrected chi connectivity index (χ2v) is 7.45. The van der Waals surface area contributed by atoms with E-state index in [9.17, 15) is 9.59 Å². The van der Waals surface area contributed by atoms with Crippen LogP contribution >= 0.6 is 27.3 Å². The molecule has 3 aromatic rings. The first-order valence-electron chi connectivity index (χ1n) is 7.46. The summed E-state index contributed by atoms with van der Waals surface area (Å²) in [5, 5.41) is 3.20. The molecule has 25 heavy (non-hydrogen) atoms. The van der Waals surface area contributed by atoms with Gasteiger partial charge in [0, 0.05) is 16.9 Å². The Balaban J connectivity index is 1.81. The number of ether oxygens (including phenoxy) is 1. The minimum Gasteiger partial charge on any atom is -0.459 e. The second-order valence-electron chi connectivity index (χ2n) is 5.50. The predicted molar refractivity (Wildman–Crippen MR) is 100 cm³/mol. The first-order chi connectivity index (χ1) is 11.9. The molecule has 0 fully saturated rings. The number of nitrogens with one attached hydrogen (secondary N) is 1. The van der Waals surface area contributed by atoms with Gasteiger partial charge in [0.15, 0.2) is 5.13 Å². The maximum absolute atomic E-state index is 12.3. The average Bonchev–Trinajstić information content (AvgIpc) is 2.95. The first-order valence-corrected chi connectivity index (χ1v) is 9.07. The smallest absolute Gasteiger partial charge is 0.338 e. The molecule has 0 saturated carbocycles. The number of hydrogen-bond donors (Lipinski definition) is 1. The van der Waals surface area contributed by atoms with Gasteiger partial charge in [-0.1, -0.05) is 11.3 Å². The Kier molecular flexibility index (Phi) is 5.10. The van der Waals surface area contributed by atoms with Crippen LogP contribution in [0.15, 0.2) is 41.1 Å². The lowest BCUT2D eigenvalue weighted by molar-refractivity contribution is 0.0378. The summed E-state index contributed by atoms with van der Waals surface area (Å²) >= 11 is 4.58. The Labute approximate surface area is 156 Å². The van der Waals surface area contributed by atoms with Gasteiger partial charge in [-0.05, 0) is 54.0 Å². The molecule has 0 bridgehead atoms. The number of pyridine rings is 1. The van der Waals surface area contributed by atoms with Gasteiger partial charge >= 0.3 is 5.97 Å². The van der Waals surface area contributed by atoms with Crippen LogP contribution < -0.4 is 5.32 Å². The van der Waals surface area contributed by atoms with Crippen molar-refractivity contribution in [2.45, 2.75) is 20.0 Å². The van der Waals surface area contributed by atoms with Crippen molar-refractivity contribution in [3.05, 3.63) is 52.3 Å². The minimum absolute atomic E-state index is 0.182. The monoisotopic (exact) mass is 419 g/mol. The Morgan fingerprint density at radius 3 is 2.72 bits per heavy atom. The van der Waals surface area contributed by atoms with Gasteiger partial charge in [0.1, 0.15) is 0 Å². The van der Waals surface area contributed by atoms with Crippen LogP contribution in [-0.2, 0) is 4.74 Å². The number of carbonyl (C=O) groups excluding carboxylic acids is 2. The van der Waals surface area contributed by atoms with E-state index in [2.05, 4.69) is 31.2 Å². The predicted octanol–water partition coefficient (Wildman–Crippen LogP) is 4.27. The SMILES string of the molecule is CC(C)OC(=O)c1ccc2nc(NC(=O)c3cncc(Br)c3)sc2c1. The fourth-order valence-corrected chi connectivity index (χ4v) is 3.36. The summed E-state index contributed by atoms with van der Waals surface area (Å²) in [7, 11) is 0. The van der Waals surface area contributed by atoms with Crippen LogP contribution in [0.3, 0.4) is 0 Å². The third-order valence-electron chi connectivity index (χ3n) is 3.15. The molecule has 1 amide bonds. The molecule has 2 aromatic heterocycles. The van der Waals surface area contributed by atoms with Crippen molar-refractivity contribution in [3.8, 4) is 0 Å². The van der Waals surface area contributed by atoms with Crippen molar-refractivity contribution in [1.82, 2.24) is 9.97 Å². The van der Waals surface area contributed by atoms with E-state index in [1.165, 1.54) is 17.5 Å². The fourth-order valence-electron chi connectivity index (χ4n) is 2.09. The molecule has 0 aliphatic carbocycles. The van der Waals surface area contributed by atoms with E-state index in [1.807, 2.05) is 0 Å². The third-order valence-corrected chi connectivity index (χ3v) is 4.52. The van der Waals surface area contributed by atoms with Gasteiger partial charge in [0.25, 0.3) is 5.91 Å². The van der Waals surface area contributed by atoms with Crippen molar-refractivity contribution < 1.29 is 14.3 Å². The molecule has 6 nitrogen and oxygen atoms in total. The van der Waals surface area contributed by atoms with Crippen molar-refractivity contribution in [2.75, 3.05) is 5.32 Å². The lowest BCUT2D eigenvalue weighted by atomic mass is 10.2. The normalized spacial score (nSPS) is 10.9. The molecule has 3 rings (SSSR count). The standard InChI is InChI=1S/C17H14BrN3O3S/c1-9(2)24-16(23)10-3-4-13-14(6-10)25-17(20-13)21-15(22)11-5-12(18)8-19-7-11/h3-9H,1-2H3,(H,20,21,22). The van der Waals surface area contributed by atoms with Crippen LogP contribution in [0.4, 0.5) is 5.13 Å². The largest absolute Gasteiger partial charge is 0.459 e. The number of nitrogens with zero attached hydrogens (tertiary/aromatic N) is 2. The quantitative estimate of drug-likeness (QED) is 0.638. The van der Waals surface area contributed by atoms with Crippen LogP contribution in [0, 0.1) is 0 Å². The summed E-state index contributed by atoms with van der Waals surface area (Å²) in [6.07, 6.45) is 2.90. The van der Waals surface area contributed by atoms with Crippen LogP contribution in [-0.4, -0.2) is 27.9 Å². The Bertz CT molecular complexity index is 955. The zero-order valence-corrected chi connectivity index (χ0v) is 15.8. The summed E-state index contributed by atoms with van der Waals surface area (Å²) in [5.41, 5.74) is 1.59. The zero-order valence-electron chi connectivity index (χ0n) is 13.4. The van der Waals surface area contributed by atoms with Gasteiger partial charge in [-0.15, -0.1) is 0 Å². The third kappa shape index (κ3) is 4.21. The molecule has 0 spiro atoms. The zero-order chi connectivity index (χ0) is 18.0. The Hall–Kier alpha value is -2.32. The molecule has 1 N–H and O–H groups in total. The Morgan fingerprint density at radius 2 is 2.00 bits per heavy atom. The number of aromatic nitrogens is 2. The van der Waals surface area contributed by atoms with Gasteiger partial charge in [0.2, 0.25) is 0 Å². The molecule has 2 heterocycles. The van der Waals surface area contributed by atoms with E-state index in [0.29, 0.717) is 21.8 Å². The number of esters is 1. The van der Waals surface area contributed by atoms with E-state index in [4.69, 9.17) is 4.74 Å². The van der Waals surface area contributed by atoms with Gasteiger partial charge < -0.3 is 4.74 Å². The van der Waals surface area contributed by atoms with E-state index in [1.54, 1.807) is 44.3 Å². The molecular formula is C17H14BrN3O3S. The molecular weight excluding hydrogens is 406 g/mol. The highest BCUT2D eigenvalue weighted by molar-refractivity contribution is 9.10. The number of fused-ring (bicyclic) bond motifs is 1. The number of halogens is 1. The van der Waals surface area contributed by atoms with Crippen LogP contribution in [0.2, 0.25) is 0 Å². The number of rotatable bonds is 4. The highest BCUT2D eigenvalue weighted by Gasteiger charge is 2.14. The van der Waals surface area contributed by atoms with E-state index < -0.39 is 0 Å². The molecule has 8 heteroatoms. The maximum atomic E-state index is 12.3. The van der Waals surface area contributed by atoms with Crippen molar-refractivity contribution >= 4 is 54.5 Å². The summed E-state index contributed by atoms with van der Waals surface area (Å²) in [4.78, 5) is 32.6. The maximum Gasteiger partial charge on any atom is 0.338 e. The highest BCUT2D eigenvalue weighted by Crippen LogP contribution is 2.27. The molecule has 0 atom stereocenters. The summed E-state index contributed by atoms with van der Waals surface area (Å²) in [6.45, 7) is 3.60. The molecule has 0 radical (unpaired) electrons. The second kappa shape index (κ2) is 7.28. The van der Waals surface area contributed by atoms with Crippen LogP contribution in [0.5, 0.6) is 0 Å². The fraction of sp³-hybridized carbons (Fsp3) is 0.176. The topological polar surface area (TPSA) is 81.2 Å². The van der Waals surface area contributed by atoms with Gasteiger partial charge in [-0.2, -0.15) is 0 Å². The van der Waals surface area contributed by atoms with Crippen molar-refractivity contribution in [2.24, 2.45) is 0 Å². The van der Waals surface area contributed by atoms with E-state index >= 15 is 0 Å². The van der Waals surface area contributed by atoms with E-state index in [0.717, 1.165) is 9.17 Å². The van der Waals surface area contributed by atoms with Crippen LogP contribution in [0.1, 0.15) is 34.6 Å². The minimum atomic E-state index is -0.379. The molecule has 0 saturated heterocycles. The van der Waals surface area contributed by atoms with Crippen LogP contribution in [0.25, 0.3) is 10.2 Å². The van der Waals surface area contributed by atoms with E-state index in [-0.39, 0.29) is 18.0 Å². The average molecular weight is 420 g/mol. The van der Waals surface area contributed by atoms with Gasteiger partial charge in [0.05, 0.1) is 27.4 Å². The number of benzene rings is 1. The number of anilines is 1. The summed E-state index contributed by atoms with van der Waals surface area (Å²) in [5.74, 6) is -0.677. The molecule has 1 aromatic carbocycles. The summed E-state index contributed by atoms with van der Waals surface area (Å²) in [6, 6.07) is 6.79. The molecule has 0 aliphatic rings. The molecule has 0 aliphatic heterocycles. The highest BCUT2D eigenvalue weighted by atomic mass is 79.9. The molecule has 0 unspecified atom stereocenters. The number of carbonyl (C=O) groups is 2. The molecule has 128 valence electrons. The van der Waals surface area contributed by atoms with Crippen molar-refractivity contribution in [1.29, 1.82) is 0 Å². The number of amides is 1. The number of thiazole rings is 1. The summed E-state index contributed by atoms with van der Waals surface area (Å²) < 4.78 is 6.70. The lowest BCUT2D eigenvalue weighted by Crippen LogP contribution is -2.11.